The van der Waals surface area contributed by atoms with Crippen LogP contribution in [0.5, 0.6) is 0 Å². The van der Waals surface area contributed by atoms with Gasteiger partial charge in [-0.1, -0.05) is 17.7 Å². The predicted octanol–water partition coefficient (Wildman–Crippen LogP) is 3.21. The molecule has 0 N–H and O–H groups in total. The van der Waals surface area contributed by atoms with Crippen LogP contribution in [0.1, 0.15) is 18.4 Å². The van der Waals surface area contributed by atoms with Crippen LogP contribution in [0.15, 0.2) is 29.2 Å². The third-order valence-corrected chi connectivity index (χ3v) is 4.25. The summed E-state index contributed by atoms with van der Waals surface area (Å²) in [6, 6.07) is 8.33. The second-order valence-electron chi connectivity index (χ2n) is 5.35. The highest BCUT2D eigenvalue weighted by Gasteiger charge is 2.36. The number of benzene rings is 1. The topological polar surface area (TPSA) is 27.7 Å². The van der Waals surface area contributed by atoms with E-state index in [0.29, 0.717) is 19.3 Å². The predicted molar refractivity (Wildman–Crippen MR) is 75.2 cm³/mol. The van der Waals surface area contributed by atoms with Crippen molar-refractivity contribution in [3.63, 3.8) is 0 Å². The van der Waals surface area contributed by atoms with Crippen molar-refractivity contribution in [3.05, 3.63) is 29.8 Å². The smallest absolute Gasteiger partial charge is 0.106 e. The molecule has 1 aromatic rings. The number of rotatable bonds is 5. The van der Waals surface area contributed by atoms with Crippen LogP contribution in [0, 0.1) is 12.8 Å². The molecule has 0 bridgehead atoms. The van der Waals surface area contributed by atoms with E-state index in [2.05, 4.69) is 31.2 Å². The maximum atomic E-state index is 6.00. The Balaban J connectivity index is 1.40. The van der Waals surface area contributed by atoms with Gasteiger partial charge in [-0.25, -0.2) is 0 Å². The summed E-state index contributed by atoms with van der Waals surface area (Å²) in [4.78, 5) is 1.13. The van der Waals surface area contributed by atoms with Crippen molar-refractivity contribution in [2.45, 2.75) is 36.9 Å². The van der Waals surface area contributed by atoms with Crippen molar-refractivity contribution >= 4 is 12.0 Å². The lowest BCUT2D eigenvalue weighted by Crippen LogP contribution is -2.39. The van der Waals surface area contributed by atoms with Crippen molar-refractivity contribution < 1.29 is 13.7 Å². The van der Waals surface area contributed by atoms with Gasteiger partial charge in [0.05, 0.1) is 25.9 Å². The molecule has 1 heterocycles. The Bertz CT molecular complexity index is 402. The molecule has 1 aromatic carbocycles. The fraction of sp³-hybridized carbons (Fsp3) is 0.600. The van der Waals surface area contributed by atoms with Gasteiger partial charge in [-0.2, -0.15) is 0 Å². The summed E-state index contributed by atoms with van der Waals surface area (Å²) in [5.41, 5.74) is 1.26. The largest absolute Gasteiger partial charge is 0.376 e. The number of aryl methyl sites for hydroxylation is 1. The van der Waals surface area contributed by atoms with Crippen LogP contribution in [-0.4, -0.2) is 32.0 Å². The van der Waals surface area contributed by atoms with Gasteiger partial charge in [0.1, 0.15) is 6.10 Å². The summed E-state index contributed by atoms with van der Waals surface area (Å²) in [5, 5.41) is 0. The fourth-order valence-electron chi connectivity index (χ4n) is 2.22. The van der Waals surface area contributed by atoms with E-state index in [1.165, 1.54) is 30.4 Å². The van der Waals surface area contributed by atoms with E-state index in [1.807, 2.05) is 0 Å². The maximum absolute atomic E-state index is 6.00. The molecule has 104 valence electrons. The highest BCUT2D eigenvalue weighted by atomic mass is 32.2. The summed E-state index contributed by atoms with van der Waals surface area (Å²) in [7, 11) is 0. The average Bonchev–Trinajstić information content (AvgIpc) is 3.26. The molecule has 3 rings (SSSR count). The number of ether oxygens (including phenoxy) is 2. The summed E-state index contributed by atoms with van der Waals surface area (Å²) >= 11 is 1.41. The molecule has 0 aromatic heterocycles. The van der Waals surface area contributed by atoms with Crippen LogP contribution < -0.4 is 0 Å². The van der Waals surface area contributed by atoms with E-state index in [0.717, 1.165) is 17.4 Å². The third kappa shape index (κ3) is 3.96. The zero-order valence-electron chi connectivity index (χ0n) is 11.2. The molecule has 1 aliphatic heterocycles. The molecule has 4 heteroatoms. The zero-order chi connectivity index (χ0) is 13.1. The normalized spacial score (nSPS) is 27.4. The Morgan fingerprint density at radius 3 is 2.74 bits per heavy atom. The van der Waals surface area contributed by atoms with Gasteiger partial charge in [0.15, 0.2) is 0 Å². The first-order valence-corrected chi connectivity index (χ1v) is 7.65. The number of hydrogen-bond donors (Lipinski definition) is 0. The summed E-state index contributed by atoms with van der Waals surface area (Å²) in [5.74, 6) is 0.729. The van der Waals surface area contributed by atoms with Crippen LogP contribution in [0.2, 0.25) is 0 Å². The van der Waals surface area contributed by atoms with E-state index in [-0.39, 0.29) is 6.10 Å². The van der Waals surface area contributed by atoms with Gasteiger partial charge in [-0.05, 0) is 37.8 Å². The summed E-state index contributed by atoms with van der Waals surface area (Å²) in [6.45, 7) is 4.08. The van der Waals surface area contributed by atoms with Crippen molar-refractivity contribution in [2.75, 3.05) is 19.8 Å². The monoisotopic (exact) mass is 280 g/mol. The Hall–Kier alpha value is -0.550. The second-order valence-corrected chi connectivity index (χ2v) is 6.23. The van der Waals surface area contributed by atoms with Gasteiger partial charge < -0.3 is 13.7 Å². The highest BCUT2D eigenvalue weighted by Crippen LogP contribution is 2.36. The molecule has 0 radical (unpaired) electrons. The first kappa shape index (κ1) is 13.4. The highest BCUT2D eigenvalue weighted by molar-refractivity contribution is 7.94. The average molecular weight is 280 g/mol. The van der Waals surface area contributed by atoms with Gasteiger partial charge in [-0.3, -0.25) is 0 Å². The minimum absolute atomic E-state index is 0.0808. The Morgan fingerprint density at radius 1 is 1.21 bits per heavy atom. The van der Waals surface area contributed by atoms with E-state index in [1.54, 1.807) is 0 Å². The van der Waals surface area contributed by atoms with Crippen molar-refractivity contribution in [1.82, 2.24) is 0 Å². The fourth-order valence-corrected chi connectivity index (χ4v) is 2.82. The standard InChI is InChI=1S/C15H20O3S/c1-11-2-6-14(7-3-11)19-17-9-13-8-16-10-15(18-13)12-4-5-12/h2-3,6-7,12-13,15H,4-5,8-10H2,1H3. The zero-order valence-corrected chi connectivity index (χ0v) is 12.0. The molecule has 1 aliphatic carbocycles. The van der Waals surface area contributed by atoms with Gasteiger partial charge in [0.25, 0.3) is 0 Å². The molecule has 2 unspecified atom stereocenters. The van der Waals surface area contributed by atoms with Gasteiger partial charge in [0.2, 0.25) is 0 Å². The van der Waals surface area contributed by atoms with E-state index < -0.39 is 0 Å². The van der Waals surface area contributed by atoms with Gasteiger partial charge in [-0.15, -0.1) is 0 Å². The SMILES string of the molecule is Cc1ccc(SOCC2COCC(C3CC3)O2)cc1. The Labute approximate surface area is 118 Å². The quantitative estimate of drug-likeness (QED) is 0.774. The lowest BCUT2D eigenvalue weighted by molar-refractivity contribution is -0.152. The third-order valence-electron chi connectivity index (χ3n) is 3.53. The lowest BCUT2D eigenvalue weighted by atomic mass is 10.2. The molecule has 1 saturated carbocycles. The van der Waals surface area contributed by atoms with Gasteiger partial charge in [0, 0.05) is 16.9 Å². The van der Waals surface area contributed by atoms with E-state index in [9.17, 15) is 0 Å². The molecule has 2 fully saturated rings. The molecule has 1 saturated heterocycles. The molecule has 0 spiro atoms. The lowest BCUT2D eigenvalue weighted by Gasteiger charge is -2.29. The summed E-state index contributed by atoms with van der Waals surface area (Å²) < 4.78 is 17.3. The van der Waals surface area contributed by atoms with Crippen molar-refractivity contribution in [2.24, 2.45) is 5.92 Å². The molecule has 0 amide bonds. The summed E-state index contributed by atoms with van der Waals surface area (Å²) in [6.07, 6.45) is 2.96. The Kier molecular flexibility index (Phi) is 4.43. The van der Waals surface area contributed by atoms with Crippen LogP contribution >= 0.6 is 12.0 Å². The molecule has 3 nitrogen and oxygen atoms in total. The van der Waals surface area contributed by atoms with Crippen molar-refractivity contribution in [3.8, 4) is 0 Å². The second kappa shape index (κ2) is 6.27. The molecule has 19 heavy (non-hydrogen) atoms. The maximum Gasteiger partial charge on any atom is 0.106 e. The first-order valence-electron chi connectivity index (χ1n) is 6.90. The van der Waals surface area contributed by atoms with Crippen LogP contribution in [0.4, 0.5) is 0 Å². The van der Waals surface area contributed by atoms with E-state index >= 15 is 0 Å². The van der Waals surface area contributed by atoms with Crippen LogP contribution in [0.25, 0.3) is 0 Å². The Morgan fingerprint density at radius 2 is 2.00 bits per heavy atom. The van der Waals surface area contributed by atoms with E-state index in [4.69, 9.17) is 13.7 Å². The minimum Gasteiger partial charge on any atom is -0.376 e. The molecule has 2 aliphatic rings. The van der Waals surface area contributed by atoms with Crippen molar-refractivity contribution in [1.29, 1.82) is 0 Å². The minimum atomic E-state index is 0.0808. The van der Waals surface area contributed by atoms with Crippen LogP contribution in [-0.2, 0) is 13.7 Å². The molecule has 2 atom stereocenters. The van der Waals surface area contributed by atoms with Crippen LogP contribution in [0.3, 0.4) is 0 Å². The van der Waals surface area contributed by atoms with Gasteiger partial charge >= 0.3 is 0 Å². The molecular weight excluding hydrogens is 260 g/mol. The first-order chi connectivity index (χ1) is 9.31. The molecular formula is C15H20O3S. The number of hydrogen-bond acceptors (Lipinski definition) is 4.